The number of benzene rings is 2. The third kappa shape index (κ3) is 4.22. The average Bonchev–Trinajstić information content (AvgIpc) is 2.53. The molecule has 5 heteroatoms. The Hall–Kier alpha value is -2.56. The van der Waals surface area contributed by atoms with Crippen molar-refractivity contribution in [2.45, 2.75) is 13.0 Å². The first kappa shape index (κ1) is 15.8. The third-order valence-electron chi connectivity index (χ3n) is 3.29. The van der Waals surface area contributed by atoms with Gasteiger partial charge in [0.15, 0.2) is 0 Å². The first-order valence-electron chi connectivity index (χ1n) is 7.02. The molecule has 0 fully saturated rings. The van der Waals surface area contributed by atoms with Crippen LogP contribution < -0.4 is 15.4 Å². The molecular formula is C17H19FN2O2. The molecule has 22 heavy (non-hydrogen) atoms. The van der Waals surface area contributed by atoms with Gasteiger partial charge in [-0.3, -0.25) is 4.79 Å². The number of hydrogen-bond donors (Lipinski definition) is 2. The molecule has 0 aromatic heterocycles. The normalized spacial score (nSPS) is 11.6. The fourth-order valence-corrected chi connectivity index (χ4v) is 2.09. The molecule has 2 N–H and O–H groups in total. The number of ether oxygens (including phenoxy) is 1. The van der Waals surface area contributed by atoms with Gasteiger partial charge in [-0.1, -0.05) is 24.3 Å². The Balaban J connectivity index is 1.88. The van der Waals surface area contributed by atoms with Gasteiger partial charge in [0.05, 0.1) is 25.4 Å². The topological polar surface area (TPSA) is 50.4 Å². The van der Waals surface area contributed by atoms with E-state index in [1.165, 1.54) is 12.1 Å². The van der Waals surface area contributed by atoms with Gasteiger partial charge in [-0.15, -0.1) is 0 Å². The number of rotatable bonds is 6. The Morgan fingerprint density at radius 1 is 1.18 bits per heavy atom. The zero-order valence-electron chi connectivity index (χ0n) is 12.6. The second-order valence-corrected chi connectivity index (χ2v) is 4.89. The van der Waals surface area contributed by atoms with Crippen LogP contribution in [0, 0.1) is 5.82 Å². The van der Waals surface area contributed by atoms with Crippen molar-refractivity contribution in [3.8, 4) is 5.75 Å². The van der Waals surface area contributed by atoms with Crippen molar-refractivity contribution >= 4 is 11.6 Å². The highest BCUT2D eigenvalue weighted by Crippen LogP contribution is 2.22. The largest absolute Gasteiger partial charge is 0.495 e. The predicted molar refractivity (Wildman–Crippen MR) is 84.4 cm³/mol. The monoisotopic (exact) mass is 302 g/mol. The third-order valence-corrected chi connectivity index (χ3v) is 3.29. The molecule has 1 unspecified atom stereocenters. The van der Waals surface area contributed by atoms with Crippen LogP contribution in [-0.4, -0.2) is 19.6 Å². The summed E-state index contributed by atoms with van der Waals surface area (Å²) in [5.74, 6) is 0.240. The number of methoxy groups -OCH3 is 1. The summed E-state index contributed by atoms with van der Waals surface area (Å²) in [7, 11) is 1.58. The van der Waals surface area contributed by atoms with Crippen molar-refractivity contribution in [3.63, 3.8) is 0 Å². The van der Waals surface area contributed by atoms with E-state index in [1.54, 1.807) is 19.2 Å². The van der Waals surface area contributed by atoms with E-state index in [2.05, 4.69) is 10.6 Å². The van der Waals surface area contributed by atoms with Gasteiger partial charge >= 0.3 is 0 Å². The first-order valence-corrected chi connectivity index (χ1v) is 7.02. The first-order chi connectivity index (χ1) is 10.6. The maximum Gasteiger partial charge on any atom is 0.239 e. The number of carbonyl (C=O) groups is 1. The summed E-state index contributed by atoms with van der Waals surface area (Å²) >= 11 is 0. The summed E-state index contributed by atoms with van der Waals surface area (Å²) in [4.78, 5) is 12.0. The maximum absolute atomic E-state index is 12.9. The number of anilines is 1. The molecule has 0 radical (unpaired) electrons. The van der Waals surface area contributed by atoms with Gasteiger partial charge in [0.2, 0.25) is 5.91 Å². The van der Waals surface area contributed by atoms with E-state index in [1.807, 2.05) is 31.2 Å². The van der Waals surface area contributed by atoms with Crippen LogP contribution in [0.4, 0.5) is 10.1 Å². The second-order valence-electron chi connectivity index (χ2n) is 4.89. The molecule has 0 aliphatic heterocycles. The van der Waals surface area contributed by atoms with Crippen molar-refractivity contribution in [2.75, 3.05) is 19.0 Å². The van der Waals surface area contributed by atoms with Crippen LogP contribution in [0.5, 0.6) is 5.75 Å². The summed E-state index contributed by atoms with van der Waals surface area (Å²) in [6.45, 7) is 1.99. The molecule has 4 nitrogen and oxygen atoms in total. The number of hydrogen-bond acceptors (Lipinski definition) is 3. The zero-order valence-corrected chi connectivity index (χ0v) is 12.6. The SMILES string of the molecule is COc1ccccc1NCC(=O)NC(C)c1ccc(F)cc1. The highest BCUT2D eigenvalue weighted by atomic mass is 19.1. The van der Waals surface area contributed by atoms with Gasteiger partial charge in [-0.05, 0) is 36.8 Å². The highest BCUT2D eigenvalue weighted by Gasteiger charge is 2.10. The summed E-state index contributed by atoms with van der Waals surface area (Å²) in [5, 5.41) is 5.89. The Kier molecular flexibility index (Phi) is 5.36. The molecule has 0 heterocycles. The molecule has 0 saturated heterocycles. The van der Waals surface area contributed by atoms with Crippen molar-refractivity contribution in [1.82, 2.24) is 5.32 Å². The van der Waals surface area contributed by atoms with Crippen LogP contribution in [0.25, 0.3) is 0 Å². The molecule has 0 bridgehead atoms. The van der Waals surface area contributed by atoms with Crippen molar-refractivity contribution in [3.05, 3.63) is 59.9 Å². The van der Waals surface area contributed by atoms with Crippen molar-refractivity contribution < 1.29 is 13.9 Å². The van der Waals surface area contributed by atoms with E-state index in [9.17, 15) is 9.18 Å². The number of carbonyl (C=O) groups excluding carboxylic acids is 1. The van der Waals surface area contributed by atoms with Gasteiger partial charge in [0.1, 0.15) is 11.6 Å². The summed E-state index contributed by atoms with van der Waals surface area (Å²) in [6.07, 6.45) is 0. The minimum Gasteiger partial charge on any atom is -0.495 e. The number of halogens is 1. The molecular weight excluding hydrogens is 283 g/mol. The summed E-state index contributed by atoms with van der Waals surface area (Å²) in [5.41, 5.74) is 1.61. The van der Waals surface area contributed by atoms with Crippen LogP contribution in [0.3, 0.4) is 0 Å². The fourth-order valence-electron chi connectivity index (χ4n) is 2.09. The molecule has 116 valence electrons. The Morgan fingerprint density at radius 2 is 1.86 bits per heavy atom. The molecule has 0 aliphatic carbocycles. The van der Waals surface area contributed by atoms with Crippen LogP contribution in [0.15, 0.2) is 48.5 Å². The average molecular weight is 302 g/mol. The predicted octanol–water partition coefficient (Wildman–Crippen LogP) is 3.12. The minimum absolute atomic E-state index is 0.131. The van der Waals surface area contributed by atoms with Crippen LogP contribution in [0.2, 0.25) is 0 Å². The van der Waals surface area contributed by atoms with Crippen molar-refractivity contribution in [1.29, 1.82) is 0 Å². The Bertz CT molecular complexity index is 629. The fraction of sp³-hybridized carbons (Fsp3) is 0.235. The summed E-state index contributed by atoms with van der Waals surface area (Å²) in [6, 6.07) is 13.3. The van der Waals surface area contributed by atoms with E-state index < -0.39 is 0 Å². The van der Waals surface area contributed by atoms with Gasteiger partial charge in [-0.2, -0.15) is 0 Å². The lowest BCUT2D eigenvalue weighted by molar-refractivity contribution is -0.120. The van der Waals surface area contributed by atoms with Crippen molar-refractivity contribution in [2.24, 2.45) is 0 Å². The lowest BCUT2D eigenvalue weighted by Crippen LogP contribution is -2.32. The zero-order chi connectivity index (χ0) is 15.9. The maximum atomic E-state index is 12.9. The summed E-state index contributed by atoms with van der Waals surface area (Å²) < 4.78 is 18.1. The second kappa shape index (κ2) is 7.45. The van der Waals surface area contributed by atoms with Gasteiger partial charge in [0, 0.05) is 0 Å². The van der Waals surface area contributed by atoms with Crippen LogP contribution >= 0.6 is 0 Å². The van der Waals surface area contributed by atoms with Crippen LogP contribution in [0.1, 0.15) is 18.5 Å². The molecule has 0 aliphatic rings. The molecule has 0 spiro atoms. The van der Waals surface area contributed by atoms with Gasteiger partial charge in [-0.25, -0.2) is 4.39 Å². The van der Waals surface area contributed by atoms with Gasteiger partial charge in [0.25, 0.3) is 0 Å². The van der Waals surface area contributed by atoms with E-state index in [4.69, 9.17) is 4.74 Å². The Labute approximate surface area is 129 Å². The lowest BCUT2D eigenvalue weighted by Gasteiger charge is -2.15. The number of nitrogens with one attached hydrogen (secondary N) is 2. The minimum atomic E-state index is -0.292. The Morgan fingerprint density at radius 3 is 2.55 bits per heavy atom. The molecule has 2 aromatic carbocycles. The lowest BCUT2D eigenvalue weighted by atomic mass is 10.1. The smallest absolute Gasteiger partial charge is 0.239 e. The highest BCUT2D eigenvalue weighted by molar-refractivity contribution is 5.81. The molecule has 2 aromatic rings. The van der Waals surface area contributed by atoms with E-state index in [-0.39, 0.29) is 24.3 Å². The quantitative estimate of drug-likeness (QED) is 0.862. The van der Waals surface area contributed by atoms with Gasteiger partial charge < -0.3 is 15.4 Å². The number of amides is 1. The van der Waals surface area contributed by atoms with E-state index >= 15 is 0 Å². The molecule has 1 atom stereocenters. The molecule has 1 amide bonds. The number of para-hydroxylation sites is 2. The molecule has 0 saturated carbocycles. The standard InChI is InChI=1S/C17H19FN2O2/c1-12(13-7-9-14(18)10-8-13)20-17(21)11-19-15-5-3-4-6-16(15)22-2/h3-10,12,19H,11H2,1-2H3,(H,20,21). The molecule has 2 rings (SSSR count). The van der Waals surface area contributed by atoms with E-state index in [0.29, 0.717) is 5.75 Å². The van der Waals surface area contributed by atoms with Crippen LogP contribution in [-0.2, 0) is 4.79 Å². The van der Waals surface area contributed by atoms with E-state index in [0.717, 1.165) is 11.3 Å².